The molecule has 1 heterocycles. The van der Waals surface area contributed by atoms with Crippen LogP contribution < -0.4 is 4.90 Å². The van der Waals surface area contributed by atoms with Gasteiger partial charge in [0.25, 0.3) is 0 Å². The Morgan fingerprint density at radius 3 is 2.50 bits per heavy atom. The highest BCUT2D eigenvalue weighted by Gasteiger charge is 2.33. The van der Waals surface area contributed by atoms with Crippen LogP contribution in [0.2, 0.25) is 0 Å². The number of piperidine rings is 1. The van der Waals surface area contributed by atoms with Crippen molar-refractivity contribution >= 4 is 17.4 Å². The summed E-state index contributed by atoms with van der Waals surface area (Å²) in [6, 6.07) is 8.31. The van der Waals surface area contributed by atoms with Crippen molar-refractivity contribution in [2.24, 2.45) is 5.92 Å². The molecule has 4 heteroatoms. The molecule has 20 heavy (non-hydrogen) atoms. The minimum atomic E-state index is -0.654. The van der Waals surface area contributed by atoms with Gasteiger partial charge in [0.1, 0.15) is 5.92 Å². The number of anilines is 1. The van der Waals surface area contributed by atoms with Crippen molar-refractivity contribution < 1.29 is 14.3 Å². The SMILES string of the molecule is COC(=O)C1CN(c2ccc(C(C)C)cc2)CCC1=O. The topological polar surface area (TPSA) is 46.6 Å². The number of benzene rings is 1. The summed E-state index contributed by atoms with van der Waals surface area (Å²) >= 11 is 0. The normalized spacial score (nSPS) is 19.3. The fourth-order valence-electron chi connectivity index (χ4n) is 2.49. The molecule has 1 aliphatic rings. The first kappa shape index (κ1) is 14.6. The van der Waals surface area contributed by atoms with Gasteiger partial charge in [0.05, 0.1) is 7.11 Å². The van der Waals surface area contributed by atoms with Gasteiger partial charge < -0.3 is 9.64 Å². The van der Waals surface area contributed by atoms with E-state index < -0.39 is 11.9 Å². The number of methoxy groups -OCH3 is 1. The van der Waals surface area contributed by atoms with E-state index in [9.17, 15) is 9.59 Å². The number of esters is 1. The van der Waals surface area contributed by atoms with E-state index in [1.807, 2.05) is 0 Å². The third-order valence-electron chi connectivity index (χ3n) is 3.83. The van der Waals surface area contributed by atoms with Gasteiger partial charge in [-0.3, -0.25) is 9.59 Å². The van der Waals surface area contributed by atoms with Crippen LogP contribution in [0.5, 0.6) is 0 Å². The molecule has 0 amide bonds. The minimum Gasteiger partial charge on any atom is -0.468 e. The Kier molecular flexibility index (Phi) is 4.42. The molecular weight excluding hydrogens is 254 g/mol. The Hall–Kier alpha value is -1.84. The van der Waals surface area contributed by atoms with E-state index in [4.69, 9.17) is 4.74 Å². The zero-order chi connectivity index (χ0) is 14.7. The monoisotopic (exact) mass is 275 g/mol. The summed E-state index contributed by atoms with van der Waals surface area (Å²) < 4.78 is 4.71. The molecule has 1 aliphatic heterocycles. The molecule has 0 bridgehead atoms. The molecule has 0 saturated carbocycles. The minimum absolute atomic E-state index is 0.0214. The first-order chi connectivity index (χ1) is 9.52. The van der Waals surface area contributed by atoms with E-state index in [1.54, 1.807) is 0 Å². The Morgan fingerprint density at radius 2 is 1.95 bits per heavy atom. The fourth-order valence-corrected chi connectivity index (χ4v) is 2.49. The van der Waals surface area contributed by atoms with Gasteiger partial charge in [-0.05, 0) is 23.6 Å². The van der Waals surface area contributed by atoms with Crippen molar-refractivity contribution in [3.8, 4) is 0 Å². The third-order valence-corrected chi connectivity index (χ3v) is 3.83. The van der Waals surface area contributed by atoms with Crippen molar-refractivity contribution in [1.82, 2.24) is 0 Å². The third kappa shape index (κ3) is 3.00. The molecule has 2 rings (SSSR count). The molecule has 1 saturated heterocycles. The largest absolute Gasteiger partial charge is 0.468 e. The zero-order valence-corrected chi connectivity index (χ0v) is 12.3. The molecule has 4 nitrogen and oxygen atoms in total. The number of carbonyl (C=O) groups excluding carboxylic acids is 2. The average molecular weight is 275 g/mol. The summed E-state index contributed by atoms with van der Waals surface area (Å²) in [4.78, 5) is 25.5. The van der Waals surface area contributed by atoms with Crippen LogP contribution in [0.1, 0.15) is 31.7 Å². The van der Waals surface area contributed by atoms with Crippen LogP contribution in [0.3, 0.4) is 0 Å². The highest BCUT2D eigenvalue weighted by atomic mass is 16.5. The van der Waals surface area contributed by atoms with Crippen LogP contribution in [0.4, 0.5) is 5.69 Å². The highest BCUT2D eigenvalue weighted by Crippen LogP contribution is 2.24. The quantitative estimate of drug-likeness (QED) is 0.627. The van der Waals surface area contributed by atoms with Crippen molar-refractivity contribution in [2.75, 3.05) is 25.1 Å². The standard InChI is InChI=1S/C16H21NO3/c1-11(2)12-4-6-13(7-5-12)17-9-8-15(18)14(10-17)16(19)20-3/h4-7,11,14H,8-10H2,1-3H3. The maximum absolute atomic E-state index is 11.8. The van der Waals surface area contributed by atoms with Crippen molar-refractivity contribution in [3.05, 3.63) is 29.8 Å². The highest BCUT2D eigenvalue weighted by molar-refractivity contribution is 6.00. The maximum Gasteiger partial charge on any atom is 0.318 e. The summed E-state index contributed by atoms with van der Waals surface area (Å²) in [5, 5.41) is 0. The number of hydrogen-bond donors (Lipinski definition) is 0. The summed E-state index contributed by atoms with van der Waals surface area (Å²) in [5.74, 6) is -0.612. The van der Waals surface area contributed by atoms with Gasteiger partial charge in [-0.25, -0.2) is 0 Å². The molecule has 1 atom stereocenters. The fraction of sp³-hybridized carbons (Fsp3) is 0.500. The first-order valence-electron chi connectivity index (χ1n) is 6.98. The zero-order valence-electron chi connectivity index (χ0n) is 12.3. The van der Waals surface area contributed by atoms with E-state index in [2.05, 4.69) is 43.0 Å². The molecule has 1 fully saturated rings. The Morgan fingerprint density at radius 1 is 1.30 bits per heavy atom. The Balaban J connectivity index is 2.13. The number of Topliss-reactive ketones (excluding diaryl/α,β-unsaturated/α-hetero) is 1. The molecular formula is C16H21NO3. The van der Waals surface area contributed by atoms with Gasteiger partial charge in [-0.15, -0.1) is 0 Å². The van der Waals surface area contributed by atoms with E-state index >= 15 is 0 Å². The van der Waals surface area contributed by atoms with Gasteiger partial charge in [0, 0.05) is 25.2 Å². The van der Waals surface area contributed by atoms with Crippen LogP contribution >= 0.6 is 0 Å². The number of ketones is 1. The van der Waals surface area contributed by atoms with Crippen molar-refractivity contribution in [2.45, 2.75) is 26.2 Å². The Labute approximate surface area is 119 Å². The second kappa shape index (κ2) is 6.07. The number of carbonyl (C=O) groups is 2. The second-order valence-corrected chi connectivity index (χ2v) is 5.48. The van der Waals surface area contributed by atoms with Crippen molar-refractivity contribution in [3.63, 3.8) is 0 Å². The van der Waals surface area contributed by atoms with E-state index in [1.165, 1.54) is 12.7 Å². The lowest BCUT2D eigenvalue weighted by molar-refractivity contribution is -0.149. The van der Waals surface area contributed by atoms with Crippen molar-refractivity contribution in [1.29, 1.82) is 0 Å². The molecule has 1 aromatic carbocycles. The van der Waals surface area contributed by atoms with Crippen LogP contribution in [0.25, 0.3) is 0 Å². The van der Waals surface area contributed by atoms with Crippen LogP contribution in [-0.4, -0.2) is 32.0 Å². The van der Waals surface area contributed by atoms with Crippen LogP contribution in [0.15, 0.2) is 24.3 Å². The average Bonchev–Trinajstić information content (AvgIpc) is 2.47. The molecule has 1 unspecified atom stereocenters. The number of rotatable bonds is 3. The first-order valence-corrected chi connectivity index (χ1v) is 6.98. The predicted octanol–water partition coefficient (Wildman–Crippen LogP) is 2.38. The summed E-state index contributed by atoms with van der Waals surface area (Å²) in [6.07, 6.45) is 0.395. The summed E-state index contributed by atoms with van der Waals surface area (Å²) in [7, 11) is 1.33. The van der Waals surface area contributed by atoms with Gasteiger partial charge >= 0.3 is 5.97 Å². The van der Waals surface area contributed by atoms with Gasteiger partial charge in [-0.2, -0.15) is 0 Å². The molecule has 0 aliphatic carbocycles. The van der Waals surface area contributed by atoms with E-state index in [0.717, 1.165) is 5.69 Å². The number of ether oxygens (including phenoxy) is 1. The molecule has 0 aromatic heterocycles. The lowest BCUT2D eigenvalue weighted by Crippen LogP contribution is -2.44. The van der Waals surface area contributed by atoms with Gasteiger partial charge in [-0.1, -0.05) is 26.0 Å². The molecule has 1 aromatic rings. The Bertz CT molecular complexity index is 485. The van der Waals surface area contributed by atoms with Crippen LogP contribution in [-0.2, 0) is 14.3 Å². The predicted molar refractivity (Wildman–Crippen MR) is 77.9 cm³/mol. The number of hydrogen-bond acceptors (Lipinski definition) is 4. The second-order valence-electron chi connectivity index (χ2n) is 5.48. The molecule has 108 valence electrons. The molecule has 0 N–H and O–H groups in total. The lowest BCUT2D eigenvalue weighted by atomic mass is 9.95. The summed E-state index contributed by atoms with van der Waals surface area (Å²) in [6.45, 7) is 5.38. The van der Waals surface area contributed by atoms with Gasteiger partial charge in [0.15, 0.2) is 5.78 Å². The van der Waals surface area contributed by atoms with E-state index in [-0.39, 0.29) is 5.78 Å². The lowest BCUT2D eigenvalue weighted by Gasteiger charge is -2.32. The summed E-state index contributed by atoms with van der Waals surface area (Å²) in [5.41, 5.74) is 2.34. The molecule has 0 radical (unpaired) electrons. The van der Waals surface area contributed by atoms with Crippen LogP contribution in [0, 0.1) is 5.92 Å². The maximum atomic E-state index is 11.8. The smallest absolute Gasteiger partial charge is 0.318 e. The van der Waals surface area contributed by atoms with Gasteiger partial charge in [0.2, 0.25) is 0 Å². The number of nitrogens with zero attached hydrogens (tertiary/aromatic N) is 1. The molecule has 0 spiro atoms. The van der Waals surface area contributed by atoms with E-state index in [0.29, 0.717) is 25.4 Å².